The Balaban J connectivity index is 1.28. The van der Waals surface area contributed by atoms with E-state index in [2.05, 4.69) is 15.0 Å². The van der Waals surface area contributed by atoms with E-state index in [0.29, 0.717) is 6.61 Å². The first-order chi connectivity index (χ1) is 11.7. The fourth-order valence-electron chi connectivity index (χ4n) is 3.16. The summed E-state index contributed by atoms with van der Waals surface area (Å²) in [5.74, 6) is 1.16. The van der Waals surface area contributed by atoms with Crippen LogP contribution < -0.4 is 0 Å². The summed E-state index contributed by atoms with van der Waals surface area (Å²) in [5, 5.41) is 0. The first kappa shape index (κ1) is 15.5. The fourth-order valence-corrected chi connectivity index (χ4v) is 4.71. The Bertz CT molecular complexity index is 707. The van der Waals surface area contributed by atoms with Crippen molar-refractivity contribution in [1.29, 1.82) is 0 Å². The monoisotopic (exact) mass is 342 g/mol. The van der Waals surface area contributed by atoms with E-state index in [1.165, 1.54) is 0 Å². The number of hydrogen-bond acceptors (Lipinski definition) is 6. The highest BCUT2D eigenvalue weighted by molar-refractivity contribution is 8.01. The summed E-state index contributed by atoms with van der Waals surface area (Å²) >= 11 is 1.91. The number of ether oxygens (including phenoxy) is 1. The molecule has 2 aromatic rings. The van der Waals surface area contributed by atoms with Gasteiger partial charge in [-0.1, -0.05) is 6.07 Å². The van der Waals surface area contributed by atoms with Crippen molar-refractivity contribution in [2.45, 2.75) is 23.9 Å². The molecule has 0 bridgehead atoms. The number of hydrogen-bond donors (Lipinski definition) is 0. The van der Waals surface area contributed by atoms with Gasteiger partial charge in [-0.3, -0.25) is 9.78 Å². The van der Waals surface area contributed by atoms with Crippen LogP contribution in [-0.4, -0.2) is 55.5 Å². The molecule has 4 rings (SSSR count). The van der Waals surface area contributed by atoms with Crippen molar-refractivity contribution >= 4 is 17.7 Å². The standard InChI is InChI=1S/C17H18N4O2S/c22-16(15-19-6-3-7-20-15)21-11-17(12-21)8-14(10-24-17)23-9-13-4-1-2-5-18-13/h1-7,14H,8-12H2/t14-/m0/s1. The normalized spacial score (nSPS) is 21.7. The lowest BCUT2D eigenvalue weighted by Gasteiger charge is -2.47. The predicted octanol–water partition coefficient (Wildman–Crippen LogP) is 1.79. The van der Waals surface area contributed by atoms with E-state index in [1.807, 2.05) is 34.9 Å². The molecule has 6 nitrogen and oxygen atoms in total. The third kappa shape index (κ3) is 3.14. The maximum absolute atomic E-state index is 12.3. The molecule has 2 aliphatic rings. The molecule has 24 heavy (non-hydrogen) atoms. The molecule has 7 heteroatoms. The SMILES string of the molecule is O=C(c1ncccn1)N1CC2(C[C@H](OCc3ccccn3)CS2)C1. The number of carbonyl (C=O) groups is 1. The van der Waals surface area contributed by atoms with Crippen LogP contribution in [0.25, 0.3) is 0 Å². The van der Waals surface area contributed by atoms with E-state index < -0.39 is 0 Å². The van der Waals surface area contributed by atoms with Crippen molar-refractivity contribution in [3.05, 3.63) is 54.4 Å². The smallest absolute Gasteiger partial charge is 0.291 e. The fraction of sp³-hybridized carbons (Fsp3) is 0.412. The van der Waals surface area contributed by atoms with Gasteiger partial charge < -0.3 is 9.64 Å². The third-order valence-electron chi connectivity index (χ3n) is 4.37. The summed E-state index contributed by atoms with van der Waals surface area (Å²) in [5.41, 5.74) is 0.954. The van der Waals surface area contributed by atoms with Crippen LogP contribution in [0.4, 0.5) is 0 Å². The van der Waals surface area contributed by atoms with Gasteiger partial charge in [-0.05, 0) is 24.6 Å². The van der Waals surface area contributed by atoms with Crippen LogP contribution in [0.1, 0.15) is 22.7 Å². The van der Waals surface area contributed by atoms with E-state index in [1.54, 1.807) is 24.7 Å². The molecule has 2 aromatic heterocycles. The predicted molar refractivity (Wildman–Crippen MR) is 90.6 cm³/mol. The van der Waals surface area contributed by atoms with Crippen molar-refractivity contribution in [3.63, 3.8) is 0 Å². The first-order valence-corrected chi connectivity index (χ1v) is 8.94. The van der Waals surface area contributed by atoms with Gasteiger partial charge in [0.1, 0.15) is 0 Å². The Morgan fingerprint density at radius 3 is 2.75 bits per heavy atom. The molecule has 2 fully saturated rings. The zero-order valence-corrected chi connectivity index (χ0v) is 14.0. The molecule has 0 unspecified atom stereocenters. The molecule has 1 atom stereocenters. The number of carbonyl (C=O) groups excluding carboxylic acids is 1. The van der Waals surface area contributed by atoms with Crippen LogP contribution in [0.3, 0.4) is 0 Å². The second-order valence-electron chi connectivity index (χ2n) is 6.19. The number of thioether (sulfide) groups is 1. The summed E-state index contributed by atoms with van der Waals surface area (Å²) in [7, 11) is 0. The first-order valence-electron chi connectivity index (χ1n) is 7.96. The van der Waals surface area contributed by atoms with E-state index in [9.17, 15) is 4.79 Å². The summed E-state index contributed by atoms with van der Waals surface area (Å²) in [6, 6.07) is 7.56. The number of nitrogens with zero attached hydrogens (tertiary/aromatic N) is 4. The minimum Gasteiger partial charge on any atom is -0.371 e. The second kappa shape index (κ2) is 6.49. The van der Waals surface area contributed by atoms with Gasteiger partial charge in [0.2, 0.25) is 5.82 Å². The van der Waals surface area contributed by atoms with Gasteiger partial charge >= 0.3 is 0 Å². The molecule has 0 aliphatic carbocycles. The van der Waals surface area contributed by atoms with E-state index >= 15 is 0 Å². The van der Waals surface area contributed by atoms with E-state index in [4.69, 9.17) is 4.74 Å². The van der Waals surface area contributed by atoms with Crippen molar-refractivity contribution in [2.24, 2.45) is 0 Å². The molecule has 0 saturated carbocycles. The largest absolute Gasteiger partial charge is 0.371 e. The highest BCUT2D eigenvalue weighted by Crippen LogP contribution is 2.46. The Hall–Kier alpha value is -1.99. The zero-order chi connectivity index (χ0) is 16.4. The van der Waals surface area contributed by atoms with Gasteiger partial charge in [0.05, 0.1) is 23.2 Å². The Kier molecular flexibility index (Phi) is 4.20. The highest BCUT2D eigenvalue weighted by atomic mass is 32.2. The van der Waals surface area contributed by atoms with Crippen LogP contribution in [0.15, 0.2) is 42.9 Å². The summed E-state index contributed by atoms with van der Waals surface area (Å²) in [6.45, 7) is 2.04. The quantitative estimate of drug-likeness (QED) is 0.844. The van der Waals surface area contributed by atoms with Crippen molar-refractivity contribution < 1.29 is 9.53 Å². The van der Waals surface area contributed by atoms with Gasteiger partial charge in [-0.25, -0.2) is 9.97 Å². The molecule has 4 heterocycles. The average Bonchev–Trinajstić information content (AvgIpc) is 3.04. The maximum Gasteiger partial charge on any atom is 0.291 e. The summed E-state index contributed by atoms with van der Waals surface area (Å²) in [6.07, 6.45) is 6.18. The minimum atomic E-state index is -0.0836. The molecule has 124 valence electrons. The van der Waals surface area contributed by atoms with Crippen LogP contribution in [-0.2, 0) is 11.3 Å². The van der Waals surface area contributed by atoms with Crippen molar-refractivity contribution in [3.8, 4) is 0 Å². The van der Waals surface area contributed by atoms with Crippen molar-refractivity contribution in [2.75, 3.05) is 18.8 Å². The molecule has 0 radical (unpaired) electrons. The minimum absolute atomic E-state index is 0.0836. The maximum atomic E-state index is 12.3. The van der Waals surface area contributed by atoms with Crippen LogP contribution in [0.5, 0.6) is 0 Å². The van der Waals surface area contributed by atoms with Crippen LogP contribution >= 0.6 is 11.8 Å². The van der Waals surface area contributed by atoms with Gasteiger partial charge in [-0.2, -0.15) is 0 Å². The number of pyridine rings is 1. The third-order valence-corrected chi connectivity index (χ3v) is 5.95. The van der Waals surface area contributed by atoms with Gasteiger partial charge in [0, 0.05) is 37.4 Å². The lowest BCUT2D eigenvalue weighted by Crippen LogP contribution is -2.61. The van der Waals surface area contributed by atoms with Crippen molar-refractivity contribution in [1.82, 2.24) is 19.9 Å². The van der Waals surface area contributed by atoms with Crippen LogP contribution in [0, 0.1) is 0 Å². The van der Waals surface area contributed by atoms with Crippen LogP contribution in [0.2, 0.25) is 0 Å². The molecule has 1 spiro atoms. The summed E-state index contributed by atoms with van der Waals surface area (Å²) < 4.78 is 6.13. The Morgan fingerprint density at radius 1 is 1.21 bits per heavy atom. The molecular weight excluding hydrogens is 324 g/mol. The molecule has 0 aromatic carbocycles. The lowest BCUT2D eigenvalue weighted by atomic mass is 9.93. The average molecular weight is 342 g/mol. The highest BCUT2D eigenvalue weighted by Gasteiger charge is 2.51. The molecule has 2 saturated heterocycles. The van der Waals surface area contributed by atoms with E-state index in [0.717, 1.165) is 31.0 Å². The Labute approximate surface area is 144 Å². The topological polar surface area (TPSA) is 68.2 Å². The number of amides is 1. The molecule has 1 amide bonds. The van der Waals surface area contributed by atoms with Gasteiger partial charge in [0.15, 0.2) is 0 Å². The lowest BCUT2D eigenvalue weighted by molar-refractivity contribution is 0.0240. The van der Waals surface area contributed by atoms with Gasteiger partial charge in [-0.15, -0.1) is 11.8 Å². The molecule has 0 N–H and O–H groups in total. The summed E-state index contributed by atoms with van der Waals surface area (Å²) in [4.78, 5) is 26.5. The number of aromatic nitrogens is 3. The molecular formula is C17H18N4O2S. The molecule has 2 aliphatic heterocycles. The number of likely N-dealkylation sites (tertiary alicyclic amines) is 1. The Morgan fingerprint density at radius 2 is 2.00 bits per heavy atom. The second-order valence-corrected chi connectivity index (χ2v) is 7.67. The number of rotatable bonds is 4. The van der Waals surface area contributed by atoms with E-state index in [-0.39, 0.29) is 22.6 Å². The van der Waals surface area contributed by atoms with Gasteiger partial charge in [0.25, 0.3) is 5.91 Å². The zero-order valence-electron chi connectivity index (χ0n) is 13.2.